The highest BCUT2D eigenvalue weighted by Crippen LogP contribution is 2.37. The van der Waals surface area contributed by atoms with Crippen LogP contribution >= 0.6 is 11.3 Å². The number of hydrogen-bond donors (Lipinski definition) is 2. The maximum absolute atomic E-state index is 13.5. The molecule has 4 aromatic rings. The van der Waals surface area contributed by atoms with E-state index in [0.717, 1.165) is 16.0 Å². The molecule has 0 saturated heterocycles. The molecular formula is C22H18FN3O2S. The molecule has 5 nitrogen and oxygen atoms in total. The van der Waals surface area contributed by atoms with Gasteiger partial charge >= 0.3 is 0 Å². The lowest BCUT2D eigenvalue weighted by atomic mass is 10.00. The van der Waals surface area contributed by atoms with E-state index in [1.807, 2.05) is 31.2 Å². The maximum atomic E-state index is 13.5. The molecule has 0 bridgehead atoms. The number of amides is 1. The zero-order chi connectivity index (χ0) is 20.2. The summed E-state index contributed by atoms with van der Waals surface area (Å²) in [6.07, 6.45) is 3.15. The first kappa shape index (κ1) is 18.9. The van der Waals surface area contributed by atoms with Crippen molar-refractivity contribution in [1.82, 2.24) is 4.98 Å². The van der Waals surface area contributed by atoms with Crippen molar-refractivity contribution >= 4 is 28.1 Å². The molecule has 2 N–H and O–H groups in total. The van der Waals surface area contributed by atoms with E-state index in [2.05, 4.69) is 15.6 Å². The third kappa shape index (κ3) is 4.35. The summed E-state index contributed by atoms with van der Waals surface area (Å²) in [4.78, 5) is 17.9. The molecule has 1 amide bonds. The standard InChI is InChI=1S/C22H18FN3O2S/c1-14-13-17(22(29-14)26-21(27)18-5-4-12-28-18)20(15-7-9-16(23)10-8-15)25-19-6-2-3-11-24-19/h2-13,20H,1H3,(H,24,25)(H,26,27). The number of carbonyl (C=O) groups excluding carboxylic acids is 1. The molecule has 3 heterocycles. The van der Waals surface area contributed by atoms with E-state index in [4.69, 9.17) is 4.42 Å². The van der Waals surface area contributed by atoms with Crippen LogP contribution in [0.2, 0.25) is 0 Å². The van der Waals surface area contributed by atoms with E-state index < -0.39 is 0 Å². The Balaban J connectivity index is 1.72. The summed E-state index contributed by atoms with van der Waals surface area (Å²) in [6, 6.07) is 16.8. The Labute approximate surface area is 171 Å². The number of benzene rings is 1. The quantitative estimate of drug-likeness (QED) is 0.434. The van der Waals surface area contributed by atoms with E-state index in [0.29, 0.717) is 10.8 Å². The van der Waals surface area contributed by atoms with Gasteiger partial charge < -0.3 is 15.1 Å². The first-order valence-electron chi connectivity index (χ1n) is 8.98. The molecule has 0 aliphatic rings. The van der Waals surface area contributed by atoms with Crippen LogP contribution in [-0.2, 0) is 0 Å². The highest BCUT2D eigenvalue weighted by molar-refractivity contribution is 7.16. The van der Waals surface area contributed by atoms with Crippen molar-refractivity contribution in [2.24, 2.45) is 0 Å². The van der Waals surface area contributed by atoms with Gasteiger partial charge in [0.2, 0.25) is 0 Å². The van der Waals surface area contributed by atoms with Crippen LogP contribution in [0.4, 0.5) is 15.2 Å². The van der Waals surface area contributed by atoms with Gasteiger partial charge in [-0.3, -0.25) is 4.79 Å². The Morgan fingerprint density at radius 1 is 1.14 bits per heavy atom. The lowest BCUT2D eigenvalue weighted by Gasteiger charge is -2.21. The number of aryl methyl sites for hydroxylation is 1. The molecule has 1 unspecified atom stereocenters. The number of nitrogens with zero attached hydrogens (tertiary/aromatic N) is 1. The highest BCUT2D eigenvalue weighted by Gasteiger charge is 2.22. The summed E-state index contributed by atoms with van der Waals surface area (Å²) in [5.41, 5.74) is 1.72. The number of anilines is 2. The van der Waals surface area contributed by atoms with Crippen molar-refractivity contribution in [3.8, 4) is 0 Å². The Bertz CT molecular complexity index is 1090. The van der Waals surface area contributed by atoms with Crippen molar-refractivity contribution in [1.29, 1.82) is 0 Å². The van der Waals surface area contributed by atoms with E-state index in [1.54, 1.807) is 30.5 Å². The molecule has 29 heavy (non-hydrogen) atoms. The lowest BCUT2D eigenvalue weighted by molar-refractivity contribution is 0.0997. The summed E-state index contributed by atoms with van der Waals surface area (Å²) >= 11 is 1.47. The minimum absolute atomic E-state index is 0.234. The molecule has 146 valence electrons. The van der Waals surface area contributed by atoms with Gasteiger partial charge in [0.25, 0.3) is 5.91 Å². The number of rotatable bonds is 6. The van der Waals surface area contributed by atoms with E-state index in [-0.39, 0.29) is 23.5 Å². The number of nitrogens with one attached hydrogen (secondary N) is 2. The van der Waals surface area contributed by atoms with Crippen molar-refractivity contribution < 1.29 is 13.6 Å². The first-order chi connectivity index (χ1) is 14.1. The van der Waals surface area contributed by atoms with E-state index >= 15 is 0 Å². The summed E-state index contributed by atoms with van der Waals surface area (Å²) in [6.45, 7) is 1.97. The molecule has 0 aliphatic carbocycles. The number of thiophene rings is 1. The van der Waals surface area contributed by atoms with Crippen molar-refractivity contribution in [2.75, 3.05) is 10.6 Å². The molecule has 0 spiro atoms. The van der Waals surface area contributed by atoms with Gasteiger partial charge in [0.15, 0.2) is 5.76 Å². The third-order valence-electron chi connectivity index (χ3n) is 4.33. The molecule has 0 fully saturated rings. The molecule has 4 rings (SSSR count). The van der Waals surface area contributed by atoms with Crippen LogP contribution in [0.25, 0.3) is 0 Å². The van der Waals surface area contributed by atoms with Crippen LogP contribution in [0, 0.1) is 12.7 Å². The zero-order valence-corrected chi connectivity index (χ0v) is 16.4. The predicted octanol–water partition coefficient (Wildman–Crippen LogP) is 5.64. The number of carbonyl (C=O) groups is 1. The van der Waals surface area contributed by atoms with Crippen molar-refractivity contribution in [2.45, 2.75) is 13.0 Å². The Morgan fingerprint density at radius 2 is 1.97 bits per heavy atom. The van der Waals surface area contributed by atoms with Crippen LogP contribution in [0.3, 0.4) is 0 Å². The number of furan rings is 1. The summed E-state index contributed by atoms with van der Waals surface area (Å²) in [5, 5.41) is 7.02. The SMILES string of the molecule is Cc1cc(C(Nc2ccccn2)c2ccc(F)cc2)c(NC(=O)c2ccco2)s1. The average Bonchev–Trinajstić information content (AvgIpc) is 3.38. The van der Waals surface area contributed by atoms with Gasteiger partial charge in [0.05, 0.1) is 12.3 Å². The molecule has 0 aliphatic heterocycles. The van der Waals surface area contributed by atoms with Crippen LogP contribution in [0.15, 0.2) is 77.5 Å². The van der Waals surface area contributed by atoms with Gasteiger partial charge in [-0.05, 0) is 55.0 Å². The number of hydrogen-bond acceptors (Lipinski definition) is 5. The number of pyridine rings is 1. The summed E-state index contributed by atoms with van der Waals surface area (Å²) in [7, 11) is 0. The number of halogens is 1. The fraction of sp³-hybridized carbons (Fsp3) is 0.0909. The monoisotopic (exact) mass is 407 g/mol. The van der Waals surface area contributed by atoms with Gasteiger partial charge in [-0.25, -0.2) is 9.37 Å². The number of aromatic nitrogens is 1. The minimum Gasteiger partial charge on any atom is -0.459 e. The van der Waals surface area contributed by atoms with Crippen LogP contribution in [-0.4, -0.2) is 10.9 Å². The van der Waals surface area contributed by atoms with Gasteiger partial charge in [0, 0.05) is 16.6 Å². The Morgan fingerprint density at radius 3 is 2.66 bits per heavy atom. The normalized spacial score (nSPS) is 11.8. The third-order valence-corrected chi connectivity index (χ3v) is 5.31. The van der Waals surface area contributed by atoms with E-state index in [1.165, 1.54) is 29.7 Å². The second kappa shape index (κ2) is 8.28. The summed E-state index contributed by atoms with van der Waals surface area (Å²) < 4.78 is 18.7. The molecule has 0 radical (unpaired) electrons. The largest absolute Gasteiger partial charge is 0.459 e. The second-order valence-corrected chi connectivity index (χ2v) is 7.67. The molecule has 1 atom stereocenters. The molecule has 3 aromatic heterocycles. The van der Waals surface area contributed by atoms with E-state index in [9.17, 15) is 9.18 Å². The minimum atomic E-state index is -0.331. The van der Waals surface area contributed by atoms with Crippen molar-refractivity contribution in [3.05, 3.63) is 101 Å². The topological polar surface area (TPSA) is 67.2 Å². The molecule has 7 heteroatoms. The highest BCUT2D eigenvalue weighted by atomic mass is 32.1. The fourth-order valence-electron chi connectivity index (χ4n) is 3.01. The Kier molecular flexibility index (Phi) is 5.39. The van der Waals surface area contributed by atoms with Gasteiger partial charge in [-0.2, -0.15) is 0 Å². The maximum Gasteiger partial charge on any atom is 0.291 e. The molecule has 0 saturated carbocycles. The predicted molar refractivity (Wildman–Crippen MR) is 112 cm³/mol. The van der Waals surface area contributed by atoms with Gasteiger partial charge in [-0.1, -0.05) is 18.2 Å². The Hall–Kier alpha value is -3.45. The van der Waals surface area contributed by atoms with Crippen molar-refractivity contribution in [3.63, 3.8) is 0 Å². The smallest absolute Gasteiger partial charge is 0.291 e. The van der Waals surface area contributed by atoms with Crippen LogP contribution in [0.1, 0.15) is 32.6 Å². The van der Waals surface area contributed by atoms with Gasteiger partial charge in [-0.15, -0.1) is 11.3 Å². The first-order valence-corrected chi connectivity index (χ1v) is 9.80. The molecular weight excluding hydrogens is 389 g/mol. The average molecular weight is 407 g/mol. The fourth-order valence-corrected chi connectivity index (χ4v) is 3.96. The zero-order valence-electron chi connectivity index (χ0n) is 15.6. The van der Waals surface area contributed by atoms with Crippen LogP contribution < -0.4 is 10.6 Å². The molecule has 1 aromatic carbocycles. The second-order valence-electron chi connectivity index (χ2n) is 6.42. The van der Waals surface area contributed by atoms with Gasteiger partial charge in [0.1, 0.15) is 16.6 Å². The van der Waals surface area contributed by atoms with Crippen LogP contribution in [0.5, 0.6) is 0 Å². The lowest BCUT2D eigenvalue weighted by Crippen LogP contribution is -2.16. The summed E-state index contributed by atoms with van der Waals surface area (Å²) in [5.74, 6) is 0.277.